The van der Waals surface area contributed by atoms with Gasteiger partial charge in [-0.2, -0.15) is 4.98 Å². The molecule has 2 heterocycles. The van der Waals surface area contributed by atoms with Gasteiger partial charge in [0.2, 0.25) is 11.8 Å². The number of hydrogen-bond donors (Lipinski definition) is 1. The number of aromatic nitrogens is 2. The Hall–Kier alpha value is -1.36. The van der Waals surface area contributed by atoms with Crippen molar-refractivity contribution in [3.05, 3.63) is 12.3 Å². The van der Waals surface area contributed by atoms with Crippen LogP contribution in [0, 0.1) is 5.92 Å². The monoisotopic (exact) mass is 264 g/mol. The summed E-state index contributed by atoms with van der Waals surface area (Å²) in [5.41, 5.74) is 0. The maximum atomic E-state index is 5.14. The summed E-state index contributed by atoms with van der Waals surface area (Å²) in [7, 11) is 1.63. The highest BCUT2D eigenvalue weighted by Gasteiger charge is 2.21. The minimum atomic E-state index is 0.569. The molecule has 0 spiro atoms. The van der Waals surface area contributed by atoms with E-state index >= 15 is 0 Å². The lowest BCUT2D eigenvalue weighted by molar-refractivity contribution is 0.366. The maximum absolute atomic E-state index is 5.14. The van der Waals surface area contributed by atoms with Crippen LogP contribution in [0.2, 0.25) is 0 Å². The van der Waals surface area contributed by atoms with Gasteiger partial charge in [0.25, 0.3) is 0 Å². The van der Waals surface area contributed by atoms with Crippen molar-refractivity contribution in [1.82, 2.24) is 15.3 Å². The molecule has 0 amide bonds. The Balaban J connectivity index is 1.85. The Bertz CT molecular complexity index is 389. The number of hydrogen-bond acceptors (Lipinski definition) is 5. The second-order valence-electron chi connectivity index (χ2n) is 5.39. The Kier molecular flexibility index (Phi) is 4.96. The second-order valence-corrected chi connectivity index (χ2v) is 5.39. The van der Waals surface area contributed by atoms with E-state index < -0.39 is 0 Å². The molecule has 1 fully saturated rings. The first-order valence-electron chi connectivity index (χ1n) is 7.04. The minimum Gasteiger partial charge on any atom is -0.481 e. The van der Waals surface area contributed by atoms with Gasteiger partial charge in [0.05, 0.1) is 7.11 Å². The molecule has 5 nitrogen and oxygen atoms in total. The molecule has 106 valence electrons. The van der Waals surface area contributed by atoms with Gasteiger partial charge in [-0.3, -0.25) is 0 Å². The van der Waals surface area contributed by atoms with Crippen molar-refractivity contribution in [2.75, 3.05) is 31.6 Å². The summed E-state index contributed by atoms with van der Waals surface area (Å²) < 4.78 is 5.14. The van der Waals surface area contributed by atoms with Crippen LogP contribution in [-0.2, 0) is 0 Å². The molecule has 1 aliphatic heterocycles. The summed E-state index contributed by atoms with van der Waals surface area (Å²) in [6, 6.07) is 2.35. The molecule has 1 saturated heterocycles. The van der Waals surface area contributed by atoms with Gasteiger partial charge in [-0.15, -0.1) is 0 Å². The van der Waals surface area contributed by atoms with Crippen LogP contribution in [0.15, 0.2) is 12.3 Å². The van der Waals surface area contributed by atoms with Gasteiger partial charge >= 0.3 is 0 Å². The van der Waals surface area contributed by atoms with E-state index in [1.807, 2.05) is 0 Å². The number of nitrogens with zero attached hydrogens (tertiary/aromatic N) is 3. The van der Waals surface area contributed by atoms with Crippen molar-refractivity contribution in [1.29, 1.82) is 0 Å². The second kappa shape index (κ2) is 6.70. The third-order valence-corrected chi connectivity index (χ3v) is 3.54. The van der Waals surface area contributed by atoms with E-state index in [1.54, 1.807) is 19.4 Å². The molecule has 0 aliphatic carbocycles. The van der Waals surface area contributed by atoms with E-state index in [-0.39, 0.29) is 0 Å². The fourth-order valence-corrected chi connectivity index (χ4v) is 2.34. The molecule has 1 aromatic rings. The summed E-state index contributed by atoms with van der Waals surface area (Å²) in [5, 5.41) is 3.52. The molecule has 5 heteroatoms. The summed E-state index contributed by atoms with van der Waals surface area (Å²) >= 11 is 0. The number of nitrogens with one attached hydrogen (secondary N) is 1. The SMILES string of the molecule is COc1ccnc(N2CCC(CNC(C)C)CC2)n1. The molecule has 1 aromatic heterocycles. The van der Waals surface area contributed by atoms with Crippen LogP contribution in [0.5, 0.6) is 5.88 Å². The number of anilines is 1. The molecule has 0 radical (unpaired) electrons. The van der Waals surface area contributed by atoms with E-state index in [9.17, 15) is 0 Å². The van der Waals surface area contributed by atoms with Crippen LogP contribution < -0.4 is 15.0 Å². The lowest BCUT2D eigenvalue weighted by Crippen LogP contribution is -2.39. The van der Waals surface area contributed by atoms with Gasteiger partial charge < -0.3 is 15.0 Å². The highest BCUT2D eigenvalue weighted by molar-refractivity contribution is 5.32. The average molecular weight is 264 g/mol. The van der Waals surface area contributed by atoms with Crippen LogP contribution in [0.4, 0.5) is 5.95 Å². The molecule has 1 aliphatic rings. The Labute approximate surface area is 115 Å². The minimum absolute atomic E-state index is 0.569. The first kappa shape index (κ1) is 14.1. The van der Waals surface area contributed by atoms with Gasteiger partial charge in [0.1, 0.15) is 0 Å². The third-order valence-electron chi connectivity index (χ3n) is 3.54. The van der Waals surface area contributed by atoms with E-state index in [2.05, 4.69) is 34.0 Å². The number of piperidine rings is 1. The predicted octanol–water partition coefficient (Wildman–Crippen LogP) is 1.70. The third kappa shape index (κ3) is 4.06. The Morgan fingerprint density at radius 2 is 2.16 bits per heavy atom. The van der Waals surface area contributed by atoms with Crippen molar-refractivity contribution in [3.8, 4) is 5.88 Å². The van der Waals surface area contributed by atoms with Crippen LogP contribution in [0.3, 0.4) is 0 Å². The predicted molar refractivity (Wildman–Crippen MR) is 76.7 cm³/mol. The molecule has 0 aromatic carbocycles. The summed E-state index contributed by atoms with van der Waals surface area (Å²) in [6.07, 6.45) is 4.15. The van der Waals surface area contributed by atoms with Gasteiger partial charge in [0, 0.05) is 31.4 Å². The molecule has 19 heavy (non-hydrogen) atoms. The Morgan fingerprint density at radius 1 is 1.42 bits per heavy atom. The van der Waals surface area contributed by atoms with Crippen molar-refractivity contribution in [2.24, 2.45) is 5.92 Å². The average Bonchev–Trinajstić information content (AvgIpc) is 2.45. The lowest BCUT2D eigenvalue weighted by Gasteiger charge is -2.32. The van der Waals surface area contributed by atoms with Gasteiger partial charge in [-0.05, 0) is 25.3 Å². The summed E-state index contributed by atoms with van der Waals surface area (Å²) in [4.78, 5) is 11.0. The molecule has 0 bridgehead atoms. The first-order valence-corrected chi connectivity index (χ1v) is 7.04. The highest BCUT2D eigenvalue weighted by Crippen LogP contribution is 2.21. The van der Waals surface area contributed by atoms with Crippen molar-refractivity contribution in [2.45, 2.75) is 32.7 Å². The van der Waals surface area contributed by atoms with Crippen LogP contribution >= 0.6 is 0 Å². The number of ether oxygens (including phenoxy) is 1. The summed E-state index contributed by atoms with van der Waals surface area (Å²) in [5.74, 6) is 2.19. The fraction of sp³-hybridized carbons (Fsp3) is 0.714. The van der Waals surface area contributed by atoms with E-state index in [0.29, 0.717) is 11.9 Å². The van der Waals surface area contributed by atoms with Crippen molar-refractivity contribution >= 4 is 5.95 Å². The van der Waals surface area contributed by atoms with Crippen LogP contribution in [0.1, 0.15) is 26.7 Å². The van der Waals surface area contributed by atoms with Gasteiger partial charge in [-0.25, -0.2) is 4.98 Å². The zero-order valence-corrected chi connectivity index (χ0v) is 12.1. The molecule has 2 rings (SSSR count). The van der Waals surface area contributed by atoms with E-state index in [0.717, 1.165) is 31.5 Å². The molecule has 1 N–H and O–H groups in total. The summed E-state index contributed by atoms with van der Waals surface area (Å²) in [6.45, 7) is 7.55. The molecule has 0 unspecified atom stereocenters. The molecule has 0 saturated carbocycles. The van der Waals surface area contributed by atoms with E-state index in [4.69, 9.17) is 4.74 Å². The van der Waals surface area contributed by atoms with Crippen LogP contribution in [-0.4, -0.2) is 42.8 Å². The highest BCUT2D eigenvalue weighted by atomic mass is 16.5. The van der Waals surface area contributed by atoms with E-state index in [1.165, 1.54) is 12.8 Å². The zero-order chi connectivity index (χ0) is 13.7. The molecular weight excluding hydrogens is 240 g/mol. The number of methoxy groups -OCH3 is 1. The zero-order valence-electron chi connectivity index (χ0n) is 12.1. The lowest BCUT2D eigenvalue weighted by atomic mass is 9.97. The smallest absolute Gasteiger partial charge is 0.228 e. The van der Waals surface area contributed by atoms with Gasteiger partial charge in [0.15, 0.2) is 0 Å². The maximum Gasteiger partial charge on any atom is 0.228 e. The van der Waals surface area contributed by atoms with Gasteiger partial charge in [-0.1, -0.05) is 13.8 Å². The normalized spacial score (nSPS) is 16.9. The standard InChI is InChI=1S/C14H24N4O/c1-11(2)16-10-12-5-8-18(9-6-12)14-15-7-4-13(17-14)19-3/h4,7,11-12,16H,5-6,8-10H2,1-3H3. The number of rotatable bonds is 5. The van der Waals surface area contributed by atoms with Crippen molar-refractivity contribution < 1.29 is 4.74 Å². The van der Waals surface area contributed by atoms with Crippen LogP contribution in [0.25, 0.3) is 0 Å². The fourth-order valence-electron chi connectivity index (χ4n) is 2.34. The quantitative estimate of drug-likeness (QED) is 0.877. The first-order chi connectivity index (χ1) is 9.19. The molecule has 0 atom stereocenters. The largest absolute Gasteiger partial charge is 0.481 e. The van der Waals surface area contributed by atoms with Crippen molar-refractivity contribution in [3.63, 3.8) is 0 Å². The Morgan fingerprint density at radius 3 is 2.79 bits per heavy atom. The topological polar surface area (TPSA) is 50.3 Å². The molecular formula is C14H24N4O.